The molecule has 2 heterocycles. The van der Waals surface area contributed by atoms with Gasteiger partial charge in [0.1, 0.15) is 22.2 Å². The van der Waals surface area contributed by atoms with Crippen molar-refractivity contribution in [2.45, 2.75) is 11.1 Å². The molecule has 116 valence electrons. The molecule has 0 saturated carbocycles. The van der Waals surface area contributed by atoms with E-state index < -0.39 is 26.8 Å². The summed E-state index contributed by atoms with van der Waals surface area (Å²) in [5.41, 5.74) is -1.23. The van der Waals surface area contributed by atoms with Crippen molar-refractivity contribution in [2.24, 2.45) is 7.05 Å². The summed E-state index contributed by atoms with van der Waals surface area (Å²) in [5, 5.41) is 12.6. The molecule has 0 aliphatic heterocycles. The number of nitrogens with zero attached hydrogens (tertiary/aromatic N) is 4. The van der Waals surface area contributed by atoms with Crippen LogP contribution in [-0.4, -0.2) is 23.2 Å². The molecule has 1 N–H and O–H groups in total. The molecule has 0 unspecified atom stereocenters. The maximum Gasteiger partial charge on any atom is 0.433 e. The molecule has 0 aromatic carbocycles. The number of halogens is 3. The fraction of sp³-hybridized carbons (Fsp3) is 0.182. The molecule has 11 heteroatoms. The summed E-state index contributed by atoms with van der Waals surface area (Å²) in [7, 11) is -2.72. The number of nitriles is 1. The predicted octanol–water partition coefficient (Wildman–Crippen LogP) is 1.51. The summed E-state index contributed by atoms with van der Waals surface area (Å²) in [4.78, 5) is 2.59. The van der Waals surface area contributed by atoms with E-state index in [4.69, 9.17) is 5.26 Å². The van der Waals surface area contributed by atoms with Gasteiger partial charge in [0.05, 0.1) is 0 Å². The molecule has 2 aromatic rings. The summed E-state index contributed by atoms with van der Waals surface area (Å²) < 4.78 is 64.5. The summed E-state index contributed by atoms with van der Waals surface area (Å²) in [6, 6.07) is 3.07. The maximum absolute atomic E-state index is 12.4. The molecular weight excluding hydrogens is 323 g/mol. The van der Waals surface area contributed by atoms with Crippen molar-refractivity contribution in [2.75, 3.05) is 4.72 Å². The first kappa shape index (κ1) is 15.8. The topological polar surface area (TPSA) is 101 Å². The van der Waals surface area contributed by atoms with Crippen molar-refractivity contribution in [1.82, 2.24) is 14.8 Å². The van der Waals surface area contributed by atoms with Crippen molar-refractivity contribution in [3.05, 3.63) is 35.8 Å². The third-order valence-corrected chi connectivity index (χ3v) is 3.84. The Kier molecular flexibility index (Phi) is 3.80. The largest absolute Gasteiger partial charge is 0.433 e. The second-order valence-corrected chi connectivity index (χ2v) is 5.84. The van der Waals surface area contributed by atoms with Gasteiger partial charge in [0.2, 0.25) is 0 Å². The van der Waals surface area contributed by atoms with Crippen LogP contribution in [0, 0.1) is 11.3 Å². The molecule has 0 amide bonds. The molecule has 0 atom stereocenters. The molecule has 22 heavy (non-hydrogen) atoms. The third-order valence-electron chi connectivity index (χ3n) is 2.52. The smallest absolute Gasteiger partial charge is 0.272 e. The van der Waals surface area contributed by atoms with Gasteiger partial charge in [-0.1, -0.05) is 0 Å². The van der Waals surface area contributed by atoms with E-state index in [0.717, 1.165) is 6.07 Å². The van der Waals surface area contributed by atoms with Crippen LogP contribution in [0.15, 0.2) is 29.4 Å². The summed E-state index contributed by atoms with van der Waals surface area (Å²) in [5.74, 6) is -0.218. The number of hydrogen-bond donors (Lipinski definition) is 1. The van der Waals surface area contributed by atoms with Gasteiger partial charge in [-0.25, -0.2) is 8.42 Å². The van der Waals surface area contributed by atoms with E-state index in [-0.39, 0.29) is 11.4 Å². The number of hydrogen-bond acceptors (Lipinski definition) is 5. The highest BCUT2D eigenvalue weighted by Crippen LogP contribution is 2.28. The quantitative estimate of drug-likeness (QED) is 0.918. The number of nitrogens with one attached hydrogen (secondary N) is 1. The van der Waals surface area contributed by atoms with Gasteiger partial charge in [-0.2, -0.15) is 23.5 Å². The van der Waals surface area contributed by atoms with E-state index in [2.05, 4.69) is 10.1 Å². The van der Waals surface area contributed by atoms with E-state index in [1.54, 1.807) is 6.07 Å². The molecule has 7 nitrogen and oxygen atoms in total. The second kappa shape index (κ2) is 5.30. The van der Waals surface area contributed by atoms with Crippen molar-refractivity contribution in [3.8, 4) is 6.07 Å². The van der Waals surface area contributed by atoms with Crippen LogP contribution in [-0.2, 0) is 23.2 Å². The van der Waals surface area contributed by atoms with E-state index in [1.165, 1.54) is 17.9 Å². The van der Waals surface area contributed by atoms with Crippen LogP contribution in [0.25, 0.3) is 0 Å². The Hall–Kier alpha value is -2.61. The van der Waals surface area contributed by atoms with E-state index >= 15 is 0 Å². The van der Waals surface area contributed by atoms with Gasteiger partial charge in [-0.15, -0.1) is 0 Å². The summed E-state index contributed by atoms with van der Waals surface area (Å²) >= 11 is 0. The minimum atomic E-state index is -4.66. The molecule has 0 aliphatic rings. The van der Waals surface area contributed by atoms with Crippen LogP contribution in [0.1, 0.15) is 11.3 Å². The minimum Gasteiger partial charge on any atom is -0.272 e. The Labute approximate surface area is 123 Å². The first-order valence-electron chi connectivity index (χ1n) is 5.63. The molecule has 0 spiro atoms. The van der Waals surface area contributed by atoms with Crippen molar-refractivity contribution >= 4 is 15.8 Å². The van der Waals surface area contributed by atoms with E-state index in [9.17, 15) is 21.6 Å². The Bertz CT molecular complexity index is 834. The summed E-state index contributed by atoms with van der Waals surface area (Å²) in [6.07, 6.45) is -2.78. The number of anilines is 1. The fourth-order valence-electron chi connectivity index (χ4n) is 1.54. The van der Waals surface area contributed by atoms with Gasteiger partial charge >= 0.3 is 6.18 Å². The molecule has 0 aliphatic carbocycles. The van der Waals surface area contributed by atoms with Gasteiger partial charge in [-0.05, 0) is 12.1 Å². The van der Waals surface area contributed by atoms with Crippen molar-refractivity contribution in [3.63, 3.8) is 0 Å². The number of pyridine rings is 1. The first-order chi connectivity index (χ1) is 10.1. The highest BCUT2D eigenvalue weighted by Gasteiger charge is 2.32. The number of alkyl halides is 3. The first-order valence-corrected chi connectivity index (χ1v) is 7.11. The number of aryl methyl sites for hydroxylation is 1. The SMILES string of the molecule is Cn1cc(C#N)c(NS(=O)(=O)c2ccc(C(F)(F)F)nc2)n1. The molecule has 0 radical (unpaired) electrons. The van der Waals surface area contributed by atoms with Gasteiger partial charge < -0.3 is 0 Å². The zero-order valence-electron chi connectivity index (χ0n) is 11.0. The number of sulfonamides is 1. The Balaban J connectivity index is 2.33. The molecule has 0 fully saturated rings. The average molecular weight is 331 g/mol. The lowest BCUT2D eigenvalue weighted by Gasteiger charge is -2.08. The van der Waals surface area contributed by atoms with Crippen LogP contribution in [0.3, 0.4) is 0 Å². The second-order valence-electron chi connectivity index (χ2n) is 4.16. The fourth-order valence-corrected chi connectivity index (χ4v) is 2.50. The number of aromatic nitrogens is 3. The van der Waals surface area contributed by atoms with E-state index in [0.29, 0.717) is 12.3 Å². The maximum atomic E-state index is 12.4. The zero-order chi connectivity index (χ0) is 16.5. The van der Waals surface area contributed by atoms with Crippen LogP contribution < -0.4 is 4.72 Å². The van der Waals surface area contributed by atoms with Crippen LogP contribution in [0.5, 0.6) is 0 Å². The average Bonchev–Trinajstić information content (AvgIpc) is 2.77. The lowest BCUT2D eigenvalue weighted by molar-refractivity contribution is -0.141. The van der Waals surface area contributed by atoms with Crippen LogP contribution in [0.4, 0.5) is 19.0 Å². The van der Waals surface area contributed by atoms with Gasteiger partial charge in [0.15, 0.2) is 5.82 Å². The van der Waals surface area contributed by atoms with Gasteiger partial charge in [-0.3, -0.25) is 14.4 Å². The molecule has 0 saturated heterocycles. The highest BCUT2D eigenvalue weighted by molar-refractivity contribution is 7.92. The van der Waals surface area contributed by atoms with Gasteiger partial charge in [0, 0.05) is 19.4 Å². The van der Waals surface area contributed by atoms with Crippen molar-refractivity contribution in [1.29, 1.82) is 5.26 Å². The normalized spacial score (nSPS) is 12.0. The molecule has 2 aromatic heterocycles. The zero-order valence-corrected chi connectivity index (χ0v) is 11.8. The molecule has 2 rings (SSSR count). The molecule has 0 bridgehead atoms. The number of rotatable bonds is 3. The lowest BCUT2D eigenvalue weighted by atomic mass is 10.3. The van der Waals surface area contributed by atoms with Crippen LogP contribution in [0.2, 0.25) is 0 Å². The Morgan fingerprint density at radius 1 is 1.36 bits per heavy atom. The summed E-state index contributed by atoms with van der Waals surface area (Å²) in [6.45, 7) is 0. The highest BCUT2D eigenvalue weighted by atomic mass is 32.2. The van der Waals surface area contributed by atoms with E-state index in [1.807, 2.05) is 4.72 Å². The Morgan fingerprint density at radius 2 is 2.05 bits per heavy atom. The monoisotopic (exact) mass is 331 g/mol. The predicted molar refractivity (Wildman–Crippen MR) is 68.0 cm³/mol. The third kappa shape index (κ3) is 3.17. The van der Waals surface area contributed by atoms with Crippen molar-refractivity contribution < 1.29 is 21.6 Å². The minimum absolute atomic E-state index is 0.0223. The molecular formula is C11H8F3N5O2S. The van der Waals surface area contributed by atoms with Gasteiger partial charge in [0.25, 0.3) is 10.0 Å². The lowest BCUT2D eigenvalue weighted by Crippen LogP contribution is -2.16. The Morgan fingerprint density at radius 3 is 2.55 bits per heavy atom. The standard InChI is InChI=1S/C11H8F3N5O2S/c1-19-6-7(4-15)10(17-19)18-22(20,21)8-2-3-9(16-5-8)11(12,13)14/h2-3,5-6H,1H3,(H,17,18). The van der Waals surface area contributed by atoms with Crippen LogP contribution >= 0.6 is 0 Å².